The van der Waals surface area contributed by atoms with Gasteiger partial charge in [-0.2, -0.15) is 4.98 Å². The Hall–Kier alpha value is -3.13. The molecule has 0 fully saturated rings. The minimum atomic E-state index is -3.61. The number of aryl methyl sites for hydroxylation is 1. The van der Waals surface area contributed by atoms with E-state index in [-0.39, 0.29) is 4.90 Å². The van der Waals surface area contributed by atoms with Crippen LogP contribution < -0.4 is 14.8 Å². The number of sulfonamides is 1. The average molecular weight is 398 g/mol. The summed E-state index contributed by atoms with van der Waals surface area (Å²) in [5.74, 6) is 1.73. The first kappa shape index (κ1) is 19.6. The maximum atomic E-state index is 12.4. The number of nitrogens with zero attached hydrogens (tertiary/aromatic N) is 2. The molecule has 0 saturated carbocycles. The fourth-order valence-corrected chi connectivity index (χ4v) is 3.55. The molecule has 7 nitrogen and oxygen atoms in total. The number of anilines is 3. The van der Waals surface area contributed by atoms with Crippen LogP contribution in [-0.2, 0) is 10.0 Å². The van der Waals surface area contributed by atoms with Crippen LogP contribution in [0, 0.1) is 6.92 Å². The van der Waals surface area contributed by atoms with Crippen LogP contribution in [0.5, 0.6) is 5.88 Å². The van der Waals surface area contributed by atoms with Gasteiger partial charge in [-0.25, -0.2) is 13.4 Å². The van der Waals surface area contributed by atoms with E-state index in [1.165, 1.54) is 0 Å². The van der Waals surface area contributed by atoms with E-state index in [0.717, 1.165) is 12.1 Å². The predicted octanol–water partition coefficient (Wildman–Crippen LogP) is 4.12. The molecule has 0 atom stereocenters. The molecule has 1 heterocycles. The van der Waals surface area contributed by atoms with Gasteiger partial charge in [0.2, 0.25) is 5.88 Å². The lowest BCUT2D eigenvalue weighted by atomic mass is 10.3. The summed E-state index contributed by atoms with van der Waals surface area (Å²) in [4.78, 5) is 8.81. The Kier molecular flexibility index (Phi) is 6.10. The Labute approximate surface area is 164 Å². The summed E-state index contributed by atoms with van der Waals surface area (Å²) in [6.45, 7) is 4.42. The number of aromatic nitrogens is 2. The summed E-state index contributed by atoms with van der Waals surface area (Å²) >= 11 is 0. The molecule has 0 spiro atoms. The molecule has 0 saturated heterocycles. The maximum absolute atomic E-state index is 12.4. The quantitative estimate of drug-likeness (QED) is 0.593. The van der Waals surface area contributed by atoms with Crippen LogP contribution >= 0.6 is 0 Å². The lowest BCUT2D eigenvalue weighted by molar-refractivity contribution is 0.304. The minimum absolute atomic E-state index is 0.216. The summed E-state index contributed by atoms with van der Waals surface area (Å²) < 4.78 is 32.9. The SMILES string of the molecule is CCCOc1cc(Nc2ccc(NS(=O)(=O)c3ccccc3)cc2)nc(C)n1. The largest absolute Gasteiger partial charge is 0.478 e. The third-order valence-electron chi connectivity index (χ3n) is 3.73. The molecule has 2 N–H and O–H groups in total. The van der Waals surface area contributed by atoms with Gasteiger partial charge in [-0.1, -0.05) is 25.1 Å². The second-order valence-electron chi connectivity index (χ2n) is 6.11. The van der Waals surface area contributed by atoms with Gasteiger partial charge < -0.3 is 10.1 Å². The van der Waals surface area contributed by atoms with Crippen LogP contribution in [0.2, 0.25) is 0 Å². The molecule has 8 heteroatoms. The van der Waals surface area contributed by atoms with Gasteiger partial charge in [0.1, 0.15) is 11.6 Å². The van der Waals surface area contributed by atoms with Crippen LogP contribution in [0.4, 0.5) is 17.2 Å². The molecule has 0 bridgehead atoms. The highest BCUT2D eigenvalue weighted by Crippen LogP contribution is 2.22. The lowest BCUT2D eigenvalue weighted by Gasteiger charge is -2.11. The number of ether oxygens (including phenoxy) is 1. The van der Waals surface area contributed by atoms with Crippen LogP contribution in [0.15, 0.2) is 65.6 Å². The van der Waals surface area contributed by atoms with Crippen molar-refractivity contribution in [1.82, 2.24) is 9.97 Å². The predicted molar refractivity (Wildman–Crippen MR) is 110 cm³/mol. The molecule has 0 amide bonds. The van der Waals surface area contributed by atoms with E-state index in [1.54, 1.807) is 67.6 Å². The first-order valence-corrected chi connectivity index (χ1v) is 10.4. The van der Waals surface area contributed by atoms with Gasteiger partial charge in [0.05, 0.1) is 11.5 Å². The lowest BCUT2D eigenvalue weighted by Crippen LogP contribution is -2.12. The highest BCUT2D eigenvalue weighted by molar-refractivity contribution is 7.92. The van der Waals surface area contributed by atoms with E-state index in [9.17, 15) is 8.42 Å². The normalized spacial score (nSPS) is 11.1. The van der Waals surface area contributed by atoms with E-state index in [4.69, 9.17) is 4.74 Å². The molecule has 0 unspecified atom stereocenters. The Morgan fingerprint density at radius 1 is 0.964 bits per heavy atom. The monoisotopic (exact) mass is 398 g/mol. The van der Waals surface area contributed by atoms with Crippen LogP contribution in [0.25, 0.3) is 0 Å². The Morgan fingerprint density at radius 2 is 1.64 bits per heavy atom. The molecule has 0 aliphatic rings. The molecule has 2 aromatic carbocycles. The second-order valence-corrected chi connectivity index (χ2v) is 7.79. The highest BCUT2D eigenvalue weighted by atomic mass is 32.2. The van der Waals surface area contributed by atoms with Crippen molar-refractivity contribution in [3.05, 3.63) is 66.5 Å². The number of rotatable bonds is 8. The van der Waals surface area contributed by atoms with Crippen molar-refractivity contribution in [3.8, 4) is 5.88 Å². The second kappa shape index (κ2) is 8.71. The third kappa shape index (κ3) is 5.20. The molecule has 0 radical (unpaired) electrons. The van der Waals surface area contributed by atoms with Crippen molar-refractivity contribution >= 4 is 27.2 Å². The van der Waals surface area contributed by atoms with Gasteiger partial charge in [-0.15, -0.1) is 0 Å². The molecular weight excluding hydrogens is 376 g/mol. The smallest absolute Gasteiger partial charge is 0.261 e. The fraction of sp³-hybridized carbons (Fsp3) is 0.200. The third-order valence-corrected chi connectivity index (χ3v) is 5.13. The van der Waals surface area contributed by atoms with Crippen molar-refractivity contribution < 1.29 is 13.2 Å². The first-order chi connectivity index (χ1) is 13.5. The van der Waals surface area contributed by atoms with Crippen LogP contribution in [0.3, 0.4) is 0 Å². The Morgan fingerprint density at radius 3 is 2.32 bits per heavy atom. The maximum Gasteiger partial charge on any atom is 0.261 e. The minimum Gasteiger partial charge on any atom is -0.478 e. The summed E-state index contributed by atoms with van der Waals surface area (Å²) in [7, 11) is -3.61. The topological polar surface area (TPSA) is 93.2 Å². The molecule has 146 valence electrons. The highest BCUT2D eigenvalue weighted by Gasteiger charge is 2.13. The average Bonchev–Trinajstić information content (AvgIpc) is 2.68. The summed E-state index contributed by atoms with van der Waals surface area (Å²) in [5.41, 5.74) is 1.24. The molecule has 0 aliphatic heterocycles. The molecule has 0 aliphatic carbocycles. The van der Waals surface area contributed by atoms with Crippen LogP contribution in [-0.4, -0.2) is 25.0 Å². The zero-order chi connectivity index (χ0) is 20.0. The number of nitrogens with one attached hydrogen (secondary N) is 2. The van der Waals surface area contributed by atoms with Crippen molar-refractivity contribution in [3.63, 3.8) is 0 Å². The number of hydrogen-bond acceptors (Lipinski definition) is 6. The fourth-order valence-electron chi connectivity index (χ4n) is 2.47. The standard InChI is InChI=1S/C20H22N4O3S/c1-3-13-27-20-14-19(21-15(2)22-20)23-16-9-11-17(12-10-16)24-28(25,26)18-7-5-4-6-8-18/h4-12,14,24H,3,13H2,1-2H3,(H,21,22,23). The summed E-state index contributed by atoms with van der Waals surface area (Å²) in [6.07, 6.45) is 0.895. The zero-order valence-corrected chi connectivity index (χ0v) is 16.5. The first-order valence-electron chi connectivity index (χ1n) is 8.90. The van der Waals surface area contributed by atoms with Gasteiger partial charge in [-0.05, 0) is 49.7 Å². The Balaban J connectivity index is 1.70. The van der Waals surface area contributed by atoms with Crippen molar-refractivity contribution in [2.45, 2.75) is 25.2 Å². The summed E-state index contributed by atoms with van der Waals surface area (Å²) in [5, 5.41) is 3.17. The van der Waals surface area contributed by atoms with Gasteiger partial charge in [-0.3, -0.25) is 4.72 Å². The van der Waals surface area contributed by atoms with E-state index in [1.807, 2.05) is 6.92 Å². The van der Waals surface area contributed by atoms with Gasteiger partial charge >= 0.3 is 0 Å². The molecule has 28 heavy (non-hydrogen) atoms. The van der Waals surface area contributed by atoms with Crippen molar-refractivity contribution in [2.75, 3.05) is 16.6 Å². The van der Waals surface area contributed by atoms with Gasteiger partial charge in [0.15, 0.2) is 0 Å². The summed E-state index contributed by atoms with van der Waals surface area (Å²) in [6, 6.07) is 16.9. The number of hydrogen-bond donors (Lipinski definition) is 2. The van der Waals surface area contributed by atoms with E-state index in [0.29, 0.717) is 29.8 Å². The molecule has 3 aromatic rings. The van der Waals surface area contributed by atoms with Gasteiger partial charge in [0.25, 0.3) is 10.0 Å². The van der Waals surface area contributed by atoms with Crippen molar-refractivity contribution in [1.29, 1.82) is 0 Å². The molecular formula is C20H22N4O3S. The van der Waals surface area contributed by atoms with Crippen LogP contribution in [0.1, 0.15) is 19.2 Å². The zero-order valence-electron chi connectivity index (χ0n) is 15.7. The van der Waals surface area contributed by atoms with E-state index in [2.05, 4.69) is 20.0 Å². The van der Waals surface area contributed by atoms with E-state index >= 15 is 0 Å². The molecule has 1 aromatic heterocycles. The Bertz CT molecular complexity index is 1020. The van der Waals surface area contributed by atoms with Crippen molar-refractivity contribution in [2.24, 2.45) is 0 Å². The van der Waals surface area contributed by atoms with E-state index < -0.39 is 10.0 Å². The van der Waals surface area contributed by atoms with Gasteiger partial charge in [0, 0.05) is 17.4 Å². The molecule has 3 rings (SSSR count). The number of benzene rings is 2.